The zero-order chi connectivity index (χ0) is 13.4. The van der Waals surface area contributed by atoms with Crippen molar-refractivity contribution in [3.05, 3.63) is 35.1 Å². The summed E-state index contributed by atoms with van der Waals surface area (Å²) in [7, 11) is 1.63. The maximum absolute atomic E-state index is 13.3. The molecule has 0 amide bonds. The van der Waals surface area contributed by atoms with E-state index in [0.29, 0.717) is 26.2 Å². The first kappa shape index (κ1) is 15.0. The standard InChI is InChI=1S/C13H21FN2O2/c1-10-7-11(9-12(14)8-10)13(16-15)3-4-18-6-5-17-2/h7-9,13,16H,3-6,15H2,1-2H3. The summed E-state index contributed by atoms with van der Waals surface area (Å²) in [4.78, 5) is 0. The molecule has 1 rings (SSSR count). The fraction of sp³-hybridized carbons (Fsp3) is 0.538. The van der Waals surface area contributed by atoms with Crippen LogP contribution >= 0.6 is 0 Å². The van der Waals surface area contributed by atoms with Crippen LogP contribution in [0.2, 0.25) is 0 Å². The van der Waals surface area contributed by atoms with Gasteiger partial charge in [0.2, 0.25) is 0 Å². The van der Waals surface area contributed by atoms with Gasteiger partial charge < -0.3 is 9.47 Å². The van der Waals surface area contributed by atoms with E-state index in [-0.39, 0.29) is 11.9 Å². The van der Waals surface area contributed by atoms with Crippen molar-refractivity contribution in [1.82, 2.24) is 5.43 Å². The van der Waals surface area contributed by atoms with Gasteiger partial charge in [-0.1, -0.05) is 6.07 Å². The summed E-state index contributed by atoms with van der Waals surface area (Å²) in [5, 5.41) is 0. The van der Waals surface area contributed by atoms with Crippen LogP contribution in [0.15, 0.2) is 18.2 Å². The Balaban J connectivity index is 2.49. The number of hydrazine groups is 1. The van der Waals surface area contributed by atoms with Crippen molar-refractivity contribution in [2.45, 2.75) is 19.4 Å². The van der Waals surface area contributed by atoms with Crippen LogP contribution in [0, 0.1) is 12.7 Å². The van der Waals surface area contributed by atoms with Gasteiger partial charge in [0.15, 0.2) is 0 Å². The Labute approximate surface area is 107 Å². The molecule has 1 unspecified atom stereocenters. The molecule has 0 bridgehead atoms. The molecule has 1 aromatic carbocycles. The van der Waals surface area contributed by atoms with Gasteiger partial charge in [0, 0.05) is 19.8 Å². The molecule has 4 nitrogen and oxygen atoms in total. The summed E-state index contributed by atoms with van der Waals surface area (Å²) < 4.78 is 23.5. The van der Waals surface area contributed by atoms with Gasteiger partial charge in [-0.2, -0.15) is 0 Å². The van der Waals surface area contributed by atoms with Crippen LogP contribution in [-0.4, -0.2) is 26.9 Å². The largest absolute Gasteiger partial charge is 0.382 e. The van der Waals surface area contributed by atoms with Crippen LogP contribution in [0.4, 0.5) is 4.39 Å². The highest BCUT2D eigenvalue weighted by atomic mass is 19.1. The van der Waals surface area contributed by atoms with Crippen molar-refractivity contribution in [2.75, 3.05) is 26.9 Å². The number of rotatable bonds is 8. The molecule has 1 atom stereocenters. The average Bonchev–Trinajstić information content (AvgIpc) is 2.32. The summed E-state index contributed by atoms with van der Waals surface area (Å²) in [6, 6.07) is 4.80. The molecule has 0 fully saturated rings. The smallest absolute Gasteiger partial charge is 0.123 e. The van der Waals surface area contributed by atoms with Gasteiger partial charge in [-0.3, -0.25) is 11.3 Å². The van der Waals surface area contributed by atoms with E-state index in [1.807, 2.05) is 13.0 Å². The predicted octanol–water partition coefficient (Wildman–Crippen LogP) is 1.69. The molecule has 18 heavy (non-hydrogen) atoms. The van der Waals surface area contributed by atoms with Crippen LogP contribution in [0.5, 0.6) is 0 Å². The van der Waals surface area contributed by atoms with E-state index in [0.717, 1.165) is 11.1 Å². The van der Waals surface area contributed by atoms with Gasteiger partial charge in [0.05, 0.1) is 13.2 Å². The molecule has 5 heteroatoms. The van der Waals surface area contributed by atoms with Crippen LogP contribution in [0.1, 0.15) is 23.6 Å². The fourth-order valence-corrected chi connectivity index (χ4v) is 1.76. The third-order valence-corrected chi connectivity index (χ3v) is 2.65. The van der Waals surface area contributed by atoms with Gasteiger partial charge in [-0.15, -0.1) is 0 Å². The Hall–Kier alpha value is -1.01. The number of nitrogens with two attached hydrogens (primary N) is 1. The third-order valence-electron chi connectivity index (χ3n) is 2.65. The van der Waals surface area contributed by atoms with Crippen LogP contribution in [0.3, 0.4) is 0 Å². The average molecular weight is 256 g/mol. The lowest BCUT2D eigenvalue weighted by molar-refractivity contribution is 0.0657. The number of hydrogen-bond donors (Lipinski definition) is 2. The monoisotopic (exact) mass is 256 g/mol. The van der Waals surface area contributed by atoms with Crippen molar-refractivity contribution in [1.29, 1.82) is 0 Å². The minimum absolute atomic E-state index is 0.109. The lowest BCUT2D eigenvalue weighted by atomic mass is 10.0. The second kappa shape index (κ2) is 8.16. The summed E-state index contributed by atoms with van der Waals surface area (Å²) in [6.07, 6.45) is 0.684. The molecule has 0 aliphatic rings. The number of aryl methyl sites for hydroxylation is 1. The second-order valence-electron chi connectivity index (χ2n) is 4.18. The van der Waals surface area contributed by atoms with Crippen LogP contribution < -0.4 is 11.3 Å². The molecule has 102 valence electrons. The maximum Gasteiger partial charge on any atom is 0.123 e. The predicted molar refractivity (Wildman–Crippen MR) is 68.5 cm³/mol. The summed E-state index contributed by atoms with van der Waals surface area (Å²) in [5.74, 6) is 5.25. The molecule has 0 saturated carbocycles. The normalized spacial score (nSPS) is 12.7. The minimum Gasteiger partial charge on any atom is -0.382 e. The SMILES string of the molecule is COCCOCCC(NN)c1cc(C)cc(F)c1. The Morgan fingerprint density at radius 3 is 2.67 bits per heavy atom. The number of hydrogen-bond acceptors (Lipinski definition) is 4. The van der Waals surface area contributed by atoms with Gasteiger partial charge in [-0.05, 0) is 36.6 Å². The molecule has 0 aliphatic heterocycles. The molecule has 0 saturated heterocycles. The molecule has 0 spiro atoms. The lowest BCUT2D eigenvalue weighted by Gasteiger charge is -2.17. The van der Waals surface area contributed by atoms with Crippen LogP contribution in [0.25, 0.3) is 0 Å². The third kappa shape index (κ3) is 5.10. The molecular formula is C13H21FN2O2. The Morgan fingerprint density at radius 2 is 2.06 bits per heavy atom. The summed E-state index contributed by atoms with van der Waals surface area (Å²) >= 11 is 0. The molecular weight excluding hydrogens is 235 g/mol. The van der Waals surface area contributed by atoms with E-state index in [9.17, 15) is 4.39 Å². The van der Waals surface area contributed by atoms with E-state index in [1.165, 1.54) is 12.1 Å². The molecule has 3 N–H and O–H groups in total. The van der Waals surface area contributed by atoms with Crippen molar-refractivity contribution in [3.63, 3.8) is 0 Å². The second-order valence-corrected chi connectivity index (χ2v) is 4.18. The minimum atomic E-state index is -0.245. The van der Waals surface area contributed by atoms with Crippen molar-refractivity contribution < 1.29 is 13.9 Å². The van der Waals surface area contributed by atoms with Gasteiger partial charge in [-0.25, -0.2) is 4.39 Å². The number of ether oxygens (including phenoxy) is 2. The first-order chi connectivity index (χ1) is 8.67. The summed E-state index contributed by atoms with van der Waals surface area (Å²) in [6.45, 7) is 3.53. The zero-order valence-corrected chi connectivity index (χ0v) is 10.9. The quantitative estimate of drug-likeness (QED) is 0.422. The van der Waals surface area contributed by atoms with Gasteiger partial charge >= 0.3 is 0 Å². The van der Waals surface area contributed by atoms with E-state index in [1.54, 1.807) is 7.11 Å². The molecule has 1 aromatic rings. The molecule has 0 radical (unpaired) electrons. The van der Waals surface area contributed by atoms with E-state index in [4.69, 9.17) is 15.3 Å². The maximum atomic E-state index is 13.3. The summed E-state index contributed by atoms with van der Waals surface area (Å²) in [5.41, 5.74) is 4.40. The van der Waals surface area contributed by atoms with E-state index in [2.05, 4.69) is 5.43 Å². The Kier molecular flexibility index (Phi) is 6.82. The van der Waals surface area contributed by atoms with Gasteiger partial charge in [0.25, 0.3) is 0 Å². The first-order valence-corrected chi connectivity index (χ1v) is 5.97. The molecule has 0 aromatic heterocycles. The Bertz CT molecular complexity index is 341. The lowest BCUT2D eigenvalue weighted by Crippen LogP contribution is -2.29. The number of methoxy groups -OCH3 is 1. The highest BCUT2D eigenvalue weighted by Crippen LogP contribution is 2.18. The number of halogens is 1. The van der Waals surface area contributed by atoms with Crippen molar-refractivity contribution in [3.8, 4) is 0 Å². The zero-order valence-electron chi connectivity index (χ0n) is 10.9. The highest BCUT2D eigenvalue weighted by molar-refractivity contribution is 5.26. The molecule has 0 heterocycles. The van der Waals surface area contributed by atoms with Crippen LogP contribution in [-0.2, 0) is 9.47 Å². The first-order valence-electron chi connectivity index (χ1n) is 5.97. The van der Waals surface area contributed by atoms with Gasteiger partial charge in [0.1, 0.15) is 5.82 Å². The number of benzene rings is 1. The highest BCUT2D eigenvalue weighted by Gasteiger charge is 2.11. The number of nitrogens with one attached hydrogen (secondary N) is 1. The van der Waals surface area contributed by atoms with Crippen molar-refractivity contribution in [2.24, 2.45) is 5.84 Å². The van der Waals surface area contributed by atoms with E-state index < -0.39 is 0 Å². The van der Waals surface area contributed by atoms with Crippen molar-refractivity contribution >= 4 is 0 Å². The van der Waals surface area contributed by atoms with E-state index >= 15 is 0 Å². The molecule has 0 aliphatic carbocycles. The topological polar surface area (TPSA) is 56.5 Å². The Morgan fingerprint density at radius 1 is 1.28 bits per heavy atom. The fourth-order valence-electron chi connectivity index (χ4n) is 1.76.